The van der Waals surface area contributed by atoms with Gasteiger partial charge in [-0.15, -0.1) is 11.8 Å². The summed E-state index contributed by atoms with van der Waals surface area (Å²) in [6, 6.07) is 16.3. The van der Waals surface area contributed by atoms with Crippen molar-refractivity contribution in [1.29, 1.82) is 0 Å². The molecule has 3 amide bonds. The zero-order valence-corrected chi connectivity index (χ0v) is 30.4. The van der Waals surface area contributed by atoms with Gasteiger partial charge in [-0.1, -0.05) is 24.3 Å². The number of amides is 3. The Balaban J connectivity index is 0.00000180. The maximum Gasteiger partial charge on any atom is 0.326 e. The zero-order chi connectivity index (χ0) is 39.1. The minimum Gasteiger partial charge on any atom is -0.484 e. The Morgan fingerprint density at radius 3 is 2.06 bits per heavy atom. The van der Waals surface area contributed by atoms with Crippen molar-refractivity contribution in [3.63, 3.8) is 0 Å². The van der Waals surface area contributed by atoms with Crippen LogP contribution in [0.2, 0.25) is 0 Å². The number of aliphatic hydroxyl groups excluding tert-OH is 1. The number of carbonyl (C=O) groups excluding carboxylic acids is 3. The molecule has 0 aromatic heterocycles. The molecule has 1 heterocycles. The Hall–Kier alpha value is -5.06. The van der Waals surface area contributed by atoms with Crippen LogP contribution in [0.4, 0.5) is 14.5 Å². The first-order valence-electron chi connectivity index (χ1n) is 16.7. The molecular formula is C37H44F2N4O9S. The summed E-state index contributed by atoms with van der Waals surface area (Å²) in [5.41, 5.74) is 1.77. The summed E-state index contributed by atoms with van der Waals surface area (Å²) in [6.45, 7) is 1.08. The van der Waals surface area contributed by atoms with E-state index in [1.54, 1.807) is 29.2 Å². The molecule has 1 unspecified atom stereocenters. The van der Waals surface area contributed by atoms with E-state index in [1.165, 1.54) is 60.3 Å². The number of carboxylic acids is 2. The summed E-state index contributed by atoms with van der Waals surface area (Å²) in [5, 5.41) is 31.8. The number of ether oxygens (including phenoxy) is 1. The van der Waals surface area contributed by atoms with Gasteiger partial charge in [-0.05, 0) is 99.6 Å². The molecule has 0 saturated carbocycles. The highest BCUT2D eigenvalue weighted by molar-refractivity contribution is 8.00. The molecule has 1 aliphatic heterocycles. The van der Waals surface area contributed by atoms with Crippen LogP contribution < -0.4 is 20.3 Å². The molecule has 5 N–H and O–H groups in total. The number of β-lactam (4-membered cyclic amide) rings is 1. The van der Waals surface area contributed by atoms with E-state index in [4.69, 9.17) is 14.6 Å². The molecule has 0 aliphatic carbocycles. The van der Waals surface area contributed by atoms with Gasteiger partial charge in [0.25, 0.3) is 11.9 Å². The van der Waals surface area contributed by atoms with Crippen molar-refractivity contribution in [2.75, 3.05) is 44.4 Å². The van der Waals surface area contributed by atoms with E-state index in [0.717, 1.165) is 25.5 Å². The predicted molar refractivity (Wildman–Crippen MR) is 194 cm³/mol. The van der Waals surface area contributed by atoms with Gasteiger partial charge in [0.1, 0.15) is 28.7 Å². The molecule has 3 aromatic carbocycles. The third-order valence-electron chi connectivity index (χ3n) is 7.86. The number of unbranched alkanes of at least 4 members (excludes halogenated alkanes) is 1. The Morgan fingerprint density at radius 2 is 1.49 bits per heavy atom. The summed E-state index contributed by atoms with van der Waals surface area (Å²) in [6.07, 6.45) is 0.755. The number of carbonyl (C=O) groups is 5. The van der Waals surface area contributed by atoms with Gasteiger partial charge >= 0.3 is 5.97 Å². The number of nitrogens with one attached hydrogen (secondary N) is 2. The van der Waals surface area contributed by atoms with Gasteiger partial charge in [0, 0.05) is 18.4 Å². The number of aliphatic hydroxyl groups is 1. The summed E-state index contributed by atoms with van der Waals surface area (Å²) in [4.78, 5) is 62.0. The van der Waals surface area contributed by atoms with Crippen LogP contribution in [0.5, 0.6) is 5.75 Å². The van der Waals surface area contributed by atoms with Crippen LogP contribution in [0, 0.1) is 11.6 Å². The summed E-state index contributed by atoms with van der Waals surface area (Å²) >= 11 is 1.26. The Morgan fingerprint density at radius 1 is 0.906 bits per heavy atom. The van der Waals surface area contributed by atoms with E-state index >= 15 is 0 Å². The van der Waals surface area contributed by atoms with Gasteiger partial charge in [-0.3, -0.25) is 19.2 Å². The third kappa shape index (κ3) is 13.8. The molecule has 4 atom stereocenters. The highest BCUT2D eigenvalue weighted by Gasteiger charge is 2.49. The van der Waals surface area contributed by atoms with E-state index < -0.39 is 72.0 Å². The van der Waals surface area contributed by atoms with Crippen LogP contribution in [0.25, 0.3) is 0 Å². The van der Waals surface area contributed by atoms with Crippen LogP contribution in [0.15, 0.2) is 72.8 Å². The van der Waals surface area contributed by atoms with Crippen LogP contribution in [0.3, 0.4) is 0 Å². The fourth-order valence-electron chi connectivity index (χ4n) is 5.23. The van der Waals surface area contributed by atoms with Crippen LogP contribution in [-0.2, 0) is 24.0 Å². The van der Waals surface area contributed by atoms with Crippen molar-refractivity contribution in [3.05, 3.63) is 95.6 Å². The first kappa shape index (κ1) is 42.4. The largest absolute Gasteiger partial charge is 0.484 e. The standard InChI is InChI=1S/C35H40F2N4O7S.C2H4O2/c1-40(2)18-4-3-5-28(35(46)47)39-30(43)19-38-31(44)20-48-27-16-8-23(9-17-27)32-33(34(45)41(32)26-14-12-25(37)13-15-26)49-21-29(42)22-6-10-24(36)11-7-22;1-2(3)4/h6-17,28-29,32-33,42H,3-5,18-21H2,1-2H3,(H,38,44)(H,39,43)(H,46,47);1H3,(H,3,4)/t28-,29?,32+,33+;/m0./s1. The van der Waals surface area contributed by atoms with Crippen molar-refractivity contribution in [2.45, 2.75) is 49.6 Å². The minimum atomic E-state index is -1.14. The Kier molecular flexibility index (Phi) is 16.7. The lowest BCUT2D eigenvalue weighted by Crippen LogP contribution is -2.57. The molecule has 53 heavy (non-hydrogen) atoms. The highest BCUT2D eigenvalue weighted by Crippen LogP contribution is 2.46. The molecule has 286 valence electrons. The van der Waals surface area contributed by atoms with Gasteiger partial charge in [0.05, 0.1) is 18.7 Å². The molecule has 0 radical (unpaired) electrons. The molecule has 4 rings (SSSR count). The average Bonchev–Trinajstić information content (AvgIpc) is 3.11. The summed E-state index contributed by atoms with van der Waals surface area (Å²) < 4.78 is 32.5. The van der Waals surface area contributed by atoms with Crippen molar-refractivity contribution < 1.29 is 52.8 Å². The third-order valence-corrected chi connectivity index (χ3v) is 9.18. The number of rotatable bonds is 18. The number of carboxylic acid groups (broad SMARTS) is 2. The van der Waals surface area contributed by atoms with Gasteiger partial charge in [-0.2, -0.15) is 0 Å². The summed E-state index contributed by atoms with van der Waals surface area (Å²) in [5.74, 6) is -3.74. The second-order valence-corrected chi connectivity index (χ2v) is 13.5. The first-order chi connectivity index (χ1) is 25.2. The van der Waals surface area contributed by atoms with Crippen molar-refractivity contribution >= 4 is 47.1 Å². The van der Waals surface area contributed by atoms with E-state index in [2.05, 4.69) is 10.6 Å². The lowest BCUT2D eigenvalue weighted by atomic mass is 9.92. The predicted octanol–water partition coefficient (Wildman–Crippen LogP) is 3.78. The number of hydrogen-bond donors (Lipinski definition) is 5. The molecule has 0 spiro atoms. The van der Waals surface area contributed by atoms with E-state index in [-0.39, 0.29) is 18.1 Å². The van der Waals surface area contributed by atoms with Gasteiger partial charge in [-0.25, -0.2) is 13.6 Å². The maximum atomic E-state index is 13.6. The number of hydrogen-bond acceptors (Lipinski definition) is 9. The monoisotopic (exact) mass is 758 g/mol. The second-order valence-electron chi connectivity index (χ2n) is 12.4. The molecular weight excluding hydrogens is 714 g/mol. The normalized spacial score (nSPS) is 16.1. The quantitative estimate of drug-likeness (QED) is 0.0940. The maximum absolute atomic E-state index is 13.6. The van der Waals surface area contributed by atoms with Crippen LogP contribution in [0.1, 0.15) is 49.5 Å². The minimum absolute atomic E-state index is 0.178. The van der Waals surface area contributed by atoms with E-state index in [0.29, 0.717) is 23.4 Å². The number of halogens is 2. The van der Waals surface area contributed by atoms with Gasteiger partial charge in [0.2, 0.25) is 11.8 Å². The molecule has 0 bridgehead atoms. The van der Waals surface area contributed by atoms with E-state index in [9.17, 15) is 38.2 Å². The molecule has 1 saturated heterocycles. The average molecular weight is 759 g/mol. The van der Waals surface area contributed by atoms with E-state index in [1.807, 2.05) is 19.0 Å². The second kappa shape index (κ2) is 20.8. The highest BCUT2D eigenvalue weighted by atomic mass is 32.2. The van der Waals surface area contributed by atoms with Crippen molar-refractivity contribution in [1.82, 2.24) is 15.5 Å². The van der Waals surface area contributed by atoms with Crippen molar-refractivity contribution in [2.24, 2.45) is 0 Å². The molecule has 16 heteroatoms. The Bertz CT molecular complexity index is 1680. The molecule has 1 aliphatic rings. The first-order valence-corrected chi connectivity index (χ1v) is 17.7. The summed E-state index contributed by atoms with van der Waals surface area (Å²) in [7, 11) is 3.84. The van der Waals surface area contributed by atoms with Crippen LogP contribution in [-0.4, -0.2) is 101 Å². The number of anilines is 1. The fraction of sp³-hybridized carbons (Fsp3) is 0.378. The van der Waals surface area contributed by atoms with Crippen molar-refractivity contribution in [3.8, 4) is 5.75 Å². The SMILES string of the molecule is CC(=O)O.CN(C)CCCC[C@H](NC(=O)CNC(=O)COc1ccc([C@@H]2[C@@H](SCC(O)c3ccc(F)cc3)C(=O)N2c2ccc(F)cc2)cc1)C(=O)O. The molecule has 13 nitrogen and oxygen atoms in total. The number of nitrogens with zero attached hydrogens (tertiary/aromatic N) is 2. The lowest BCUT2D eigenvalue weighted by Gasteiger charge is -2.47. The lowest BCUT2D eigenvalue weighted by molar-refractivity contribution is -0.142. The molecule has 3 aromatic rings. The van der Waals surface area contributed by atoms with Gasteiger partial charge in [0.15, 0.2) is 6.61 Å². The molecule has 1 fully saturated rings. The topological polar surface area (TPSA) is 186 Å². The van der Waals surface area contributed by atoms with Crippen LogP contribution >= 0.6 is 11.8 Å². The fourth-order valence-corrected chi connectivity index (χ4v) is 6.53. The number of thioether (sulfide) groups is 1. The number of benzene rings is 3. The Labute approximate surface area is 310 Å². The van der Waals surface area contributed by atoms with Gasteiger partial charge < -0.3 is 40.5 Å². The number of aliphatic carboxylic acids is 2. The zero-order valence-electron chi connectivity index (χ0n) is 29.5. The smallest absolute Gasteiger partial charge is 0.326 e.